The van der Waals surface area contributed by atoms with Crippen molar-refractivity contribution in [2.75, 3.05) is 18.9 Å². The quantitative estimate of drug-likeness (QED) is 0.887. The molecule has 6 nitrogen and oxygen atoms in total. The zero-order valence-electron chi connectivity index (χ0n) is 11.3. The van der Waals surface area contributed by atoms with Crippen LogP contribution in [0.3, 0.4) is 0 Å². The summed E-state index contributed by atoms with van der Waals surface area (Å²) in [6, 6.07) is 5.56. The Morgan fingerprint density at radius 1 is 1.50 bits per heavy atom. The molecule has 6 heteroatoms. The molecule has 104 valence electrons. The highest BCUT2D eigenvalue weighted by Gasteiger charge is 2.28. The first-order valence-electron chi connectivity index (χ1n) is 6.72. The zero-order valence-corrected chi connectivity index (χ0v) is 11.3. The molecule has 0 spiro atoms. The lowest BCUT2D eigenvalue weighted by Gasteiger charge is -2.18. The highest BCUT2D eigenvalue weighted by Crippen LogP contribution is 2.24. The summed E-state index contributed by atoms with van der Waals surface area (Å²) < 4.78 is 0. The number of hydrogen-bond acceptors (Lipinski definition) is 4. The van der Waals surface area contributed by atoms with Crippen LogP contribution in [-0.2, 0) is 4.79 Å². The van der Waals surface area contributed by atoms with Gasteiger partial charge in [0.2, 0.25) is 5.91 Å². The molecule has 2 aromatic rings. The molecular weight excluding hydrogens is 254 g/mol. The van der Waals surface area contributed by atoms with E-state index in [1.807, 2.05) is 25.2 Å². The summed E-state index contributed by atoms with van der Waals surface area (Å²) in [5.74, 6) is 0.0172. The van der Waals surface area contributed by atoms with Gasteiger partial charge in [-0.25, -0.2) is 0 Å². The third-order valence-corrected chi connectivity index (χ3v) is 3.63. The van der Waals surface area contributed by atoms with E-state index in [9.17, 15) is 4.79 Å². The van der Waals surface area contributed by atoms with Gasteiger partial charge in [0.15, 0.2) is 0 Å². The first-order valence-corrected chi connectivity index (χ1v) is 6.72. The standard InChI is InChI=1S/C14H17N5O/c1-19-8-4-6-12(19)14(20)17-11-9-16-18-13(11)10-5-2-3-7-15-10/h2-3,5,7,9,12H,4,6,8H2,1H3,(H,16,18)(H,17,20). The number of aromatic amines is 1. The zero-order chi connectivity index (χ0) is 13.9. The Morgan fingerprint density at radius 3 is 3.10 bits per heavy atom. The van der Waals surface area contributed by atoms with Gasteiger partial charge in [-0.2, -0.15) is 5.10 Å². The number of likely N-dealkylation sites (tertiary alicyclic amines) is 1. The second kappa shape index (κ2) is 5.42. The van der Waals surface area contributed by atoms with Gasteiger partial charge >= 0.3 is 0 Å². The number of nitrogens with zero attached hydrogens (tertiary/aromatic N) is 3. The SMILES string of the molecule is CN1CCCC1C(=O)Nc1c[nH]nc1-c1ccccn1. The van der Waals surface area contributed by atoms with Gasteiger partial charge in [-0.3, -0.25) is 19.8 Å². The smallest absolute Gasteiger partial charge is 0.241 e. The van der Waals surface area contributed by atoms with Gasteiger partial charge in [-0.15, -0.1) is 0 Å². The van der Waals surface area contributed by atoms with Crippen molar-refractivity contribution >= 4 is 11.6 Å². The Hall–Kier alpha value is -2.21. The third-order valence-electron chi connectivity index (χ3n) is 3.63. The normalized spacial score (nSPS) is 19.1. The van der Waals surface area contributed by atoms with Gasteiger partial charge in [0, 0.05) is 12.4 Å². The van der Waals surface area contributed by atoms with Crippen molar-refractivity contribution in [2.45, 2.75) is 18.9 Å². The van der Waals surface area contributed by atoms with Crippen molar-refractivity contribution in [2.24, 2.45) is 0 Å². The highest BCUT2D eigenvalue weighted by atomic mass is 16.2. The summed E-state index contributed by atoms with van der Waals surface area (Å²) >= 11 is 0. The van der Waals surface area contributed by atoms with Gasteiger partial charge in [-0.05, 0) is 38.6 Å². The van der Waals surface area contributed by atoms with Crippen molar-refractivity contribution in [3.8, 4) is 11.4 Å². The minimum atomic E-state index is -0.0542. The number of carbonyl (C=O) groups excluding carboxylic acids is 1. The van der Waals surface area contributed by atoms with E-state index in [0.717, 1.165) is 25.1 Å². The number of aromatic nitrogens is 3. The minimum absolute atomic E-state index is 0.0172. The summed E-state index contributed by atoms with van der Waals surface area (Å²) in [5, 5.41) is 9.90. The van der Waals surface area contributed by atoms with Crippen LogP contribution in [0.2, 0.25) is 0 Å². The average Bonchev–Trinajstić information content (AvgIpc) is 3.08. The van der Waals surface area contributed by atoms with E-state index in [-0.39, 0.29) is 11.9 Å². The Kier molecular flexibility index (Phi) is 3.47. The maximum absolute atomic E-state index is 12.3. The molecule has 0 radical (unpaired) electrons. The molecule has 1 atom stereocenters. The molecule has 3 heterocycles. The number of likely N-dealkylation sites (N-methyl/N-ethyl adjacent to an activating group) is 1. The molecule has 0 aliphatic carbocycles. The molecule has 2 aromatic heterocycles. The molecule has 20 heavy (non-hydrogen) atoms. The van der Waals surface area contributed by atoms with Crippen LogP contribution < -0.4 is 5.32 Å². The second-order valence-corrected chi connectivity index (χ2v) is 4.99. The number of carbonyl (C=O) groups is 1. The first kappa shape index (κ1) is 12.8. The van der Waals surface area contributed by atoms with Gasteiger partial charge in [0.05, 0.1) is 17.4 Å². The van der Waals surface area contributed by atoms with Crippen molar-refractivity contribution < 1.29 is 4.79 Å². The molecule has 1 amide bonds. The summed E-state index contributed by atoms with van der Waals surface area (Å²) in [6.45, 7) is 0.969. The van der Waals surface area contributed by atoms with Crippen molar-refractivity contribution in [3.05, 3.63) is 30.6 Å². The lowest BCUT2D eigenvalue weighted by Crippen LogP contribution is -2.37. The maximum atomic E-state index is 12.3. The lowest BCUT2D eigenvalue weighted by molar-refractivity contribution is -0.119. The number of hydrogen-bond donors (Lipinski definition) is 2. The van der Waals surface area contributed by atoms with Gasteiger partial charge in [-0.1, -0.05) is 6.07 Å². The summed E-state index contributed by atoms with van der Waals surface area (Å²) in [7, 11) is 1.98. The fourth-order valence-corrected chi connectivity index (χ4v) is 2.54. The van der Waals surface area contributed by atoms with Crippen LogP contribution in [0.4, 0.5) is 5.69 Å². The number of H-pyrrole nitrogens is 1. The molecule has 0 aromatic carbocycles. The van der Waals surface area contributed by atoms with Crippen molar-refractivity contribution in [3.63, 3.8) is 0 Å². The molecule has 1 saturated heterocycles. The molecule has 1 aliphatic rings. The largest absolute Gasteiger partial charge is 0.321 e. The lowest BCUT2D eigenvalue weighted by atomic mass is 10.2. The molecule has 1 aliphatic heterocycles. The molecule has 2 N–H and O–H groups in total. The molecule has 0 bridgehead atoms. The minimum Gasteiger partial charge on any atom is -0.321 e. The topological polar surface area (TPSA) is 73.9 Å². The van der Waals surface area contributed by atoms with E-state index in [2.05, 4.69) is 25.4 Å². The van der Waals surface area contributed by atoms with Crippen molar-refractivity contribution in [1.82, 2.24) is 20.1 Å². The van der Waals surface area contributed by atoms with Crippen molar-refractivity contribution in [1.29, 1.82) is 0 Å². The van der Waals surface area contributed by atoms with Gasteiger partial charge in [0.25, 0.3) is 0 Å². The Morgan fingerprint density at radius 2 is 2.40 bits per heavy atom. The number of nitrogens with one attached hydrogen (secondary N) is 2. The number of amides is 1. The Bertz CT molecular complexity index is 595. The third kappa shape index (κ3) is 2.42. The van der Waals surface area contributed by atoms with Crippen LogP contribution in [0.25, 0.3) is 11.4 Å². The van der Waals surface area contributed by atoms with Crippen LogP contribution in [0.5, 0.6) is 0 Å². The van der Waals surface area contributed by atoms with E-state index in [0.29, 0.717) is 11.4 Å². The summed E-state index contributed by atoms with van der Waals surface area (Å²) in [5.41, 5.74) is 2.08. The fourth-order valence-electron chi connectivity index (χ4n) is 2.54. The predicted octanol–water partition coefficient (Wildman–Crippen LogP) is 1.50. The fraction of sp³-hybridized carbons (Fsp3) is 0.357. The van der Waals surface area contributed by atoms with Crippen LogP contribution in [0.1, 0.15) is 12.8 Å². The Labute approximate surface area is 117 Å². The van der Waals surface area contributed by atoms with Crippen LogP contribution in [0, 0.1) is 0 Å². The first-order chi connectivity index (χ1) is 9.75. The average molecular weight is 271 g/mol. The van der Waals surface area contributed by atoms with E-state index in [1.165, 1.54) is 0 Å². The summed E-state index contributed by atoms with van der Waals surface area (Å²) in [4.78, 5) is 18.6. The molecule has 3 rings (SSSR count). The molecule has 0 saturated carbocycles. The van der Waals surface area contributed by atoms with E-state index in [4.69, 9.17) is 0 Å². The second-order valence-electron chi connectivity index (χ2n) is 4.99. The van der Waals surface area contributed by atoms with Crippen LogP contribution in [0.15, 0.2) is 30.6 Å². The van der Waals surface area contributed by atoms with E-state index < -0.39 is 0 Å². The predicted molar refractivity (Wildman–Crippen MR) is 76.1 cm³/mol. The number of pyridine rings is 1. The Balaban J connectivity index is 1.79. The molecular formula is C14H17N5O. The van der Waals surface area contributed by atoms with Crippen LogP contribution in [-0.4, -0.2) is 45.6 Å². The monoisotopic (exact) mass is 271 g/mol. The van der Waals surface area contributed by atoms with E-state index >= 15 is 0 Å². The van der Waals surface area contributed by atoms with Gasteiger partial charge in [0.1, 0.15) is 5.69 Å². The summed E-state index contributed by atoms with van der Waals surface area (Å²) in [6.07, 6.45) is 5.36. The highest BCUT2D eigenvalue weighted by molar-refractivity contribution is 5.97. The van der Waals surface area contributed by atoms with E-state index in [1.54, 1.807) is 12.4 Å². The maximum Gasteiger partial charge on any atom is 0.241 e. The number of anilines is 1. The van der Waals surface area contributed by atoms with Crippen LogP contribution >= 0.6 is 0 Å². The number of rotatable bonds is 3. The van der Waals surface area contributed by atoms with Gasteiger partial charge < -0.3 is 5.32 Å². The molecule has 1 fully saturated rings. The molecule has 1 unspecified atom stereocenters.